The van der Waals surface area contributed by atoms with Gasteiger partial charge in [0.2, 0.25) is 5.91 Å². The fraction of sp³-hybridized carbons (Fsp3) is 0.900. The summed E-state index contributed by atoms with van der Waals surface area (Å²) in [6.45, 7) is 2.17. The number of nitrogens with two attached hydrogens (primary N) is 1. The van der Waals surface area contributed by atoms with Crippen LogP contribution in [0.4, 0.5) is 0 Å². The highest BCUT2D eigenvalue weighted by molar-refractivity contribution is 5.79. The SMILES string of the molecule is CC1CC1NC(=O)C1CCC(N)C1. The van der Waals surface area contributed by atoms with Crippen LogP contribution in [0.2, 0.25) is 0 Å². The minimum Gasteiger partial charge on any atom is -0.353 e. The number of carbonyl (C=O) groups is 1. The van der Waals surface area contributed by atoms with E-state index in [0.717, 1.165) is 25.7 Å². The van der Waals surface area contributed by atoms with E-state index in [1.807, 2.05) is 0 Å². The van der Waals surface area contributed by atoms with Crippen LogP contribution >= 0.6 is 0 Å². The van der Waals surface area contributed by atoms with Gasteiger partial charge in [0.25, 0.3) is 0 Å². The summed E-state index contributed by atoms with van der Waals surface area (Å²) in [7, 11) is 0. The highest BCUT2D eigenvalue weighted by Crippen LogP contribution is 2.31. The van der Waals surface area contributed by atoms with Gasteiger partial charge in [-0.05, 0) is 31.6 Å². The molecule has 0 saturated heterocycles. The van der Waals surface area contributed by atoms with Crippen LogP contribution in [0.25, 0.3) is 0 Å². The zero-order valence-electron chi connectivity index (χ0n) is 8.12. The fourth-order valence-corrected chi connectivity index (χ4v) is 2.08. The highest BCUT2D eigenvalue weighted by Gasteiger charge is 2.36. The van der Waals surface area contributed by atoms with Crippen molar-refractivity contribution in [2.24, 2.45) is 17.6 Å². The molecule has 2 aliphatic carbocycles. The molecule has 0 aromatic carbocycles. The lowest BCUT2D eigenvalue weighted by Gasteiger charge is -2.09. The van der Waals surface area contributed by atoms with E-state index in [1.165, 1.54) is 0 Å². The molecule has 0 bridgehead atoms. The average molecular weight is 182 g/mol. The van der Waals surface area contributed by atoms with Crippen LogP contribution in [0.5, 0.6) is 0 Å². The summed E-state index contributed by atoms with van der Waals surface area (Å²) in [4.78, 5) is 11.6. The smallest absolute Gasteiger partial charge is 0.223 e. The van der Waals surface area contributed by atoms with Crippen LogP contribution in [-0.4, -0.2) is 18.0 Å². The van der Waals surface area contributed by atoms with Crippen molar-refractivity contribution in [2.75, 3.05) is 0 Å². The first-order chi connectivity index (χ1) is 6.16. The molecule has 4 atom stereocenters. The molecular weight excluding hydrogens is 164 g/mol. The number of hydrogen-bond acceptors (Lipinski definition) is 2. The van der Waals surface area contributed by atoms with Crippen LogP contribution in [0, 0.1) is 11.8 Å². The van der Waals surface area contributed by atoms with Crippen LogP contribution in [0.3, 0.4) is 0 Å². The van der Waals surface area contributed by atoms with E-state index in [-0.39, 0.29) is 17.9 Å². The molecule has 1 amide bonds. The number of nitrogens with one attached hydrogen (secondary N) is 1. The van der Waals surface area contributed by atoms with E-state index in [1.54, 1.807) is 0 Å². The molecule has 13 heavy (non-hydrogen) atoms. The van der Waals surface area contributed by atoms with E-state index in [4.69, 9.17) is 5.73 Å². The second kappa shape index (κ2) is 3.29. The summed E-state index contributed by atoms with van der Waals surface area (Å²) in [6, 6.07) is 0.719. The van der Waals surface area contributed by atoms with E-state index in [2.05, 4.69) is 12.2 Å². The number of amides is 1. The van der Waals surface area contributed by atoms with Crippen molar-refractivity contribution in [1.29, 1.82) is 0 Å². The monoisotopic (exact) mass is 182 g/mol. The predicted octanol–water partition coefficient (Wildman–Crippen LogP) is 0.638. The molecule has 3 heteroatoms. The molecule has 3 nitrogen and oxygen atoms in total. The number of carbonyl (C=O) groups excluding carboxylic acids is 1. The van der Waals surface area contributed by atoms with Gasteiger partial charge in [0, 0.05) is 18.0 Å². The van der Waals surface area contributed by atoms with Crippen molar-refractivity contribution in [3.63, 3.8) is 0 Å². The lowest BCUT2D eigenvalue weighted by Crippen LogP contribution is -2.32. The van der Waals surface area contributed by atoms with E-state index < -0.39 is 0 Å². The molecule has 2 saturated carbocycles. The van der Waals surface area contributed by atoms with Gasteiger partial charge < -0.3 is 11.1 Å². The Balaban J connectivity index is 1.77. The first-order valence-corrected chi connectivity index (χ1v) is 5.22. The van der Waals surface area contributed by atoms with Gasteiger partial charge in [-0.1, -0.05) is 6.92 Å². The summed E-state index contributed by atoms with van der Waals surface area (Å²) in [5.74, 6) is 1.13. The molecule has 0 spiro atoms. The Bertz CT molecular complexity index is 217. The van der Waals surface area contributed by atoms with Gasteiger partial charge in [-0.15, -0.1) is 0 Å². The number of rotatable bonds is 2. The second-order valence-electron chi connectivity index (χ2n) is 4.60. The van der Waals surface area contributed by atoms with Crippen LogP contribution in [0.15, 0.2) is 0 Å². The van der Waals surface area contributed by atoms with E-state index >= 15 is 0 Å². The van der Waals surface area contributed by atoms with Gasteiger partial charge in [-0.25, -0.2) is 0 Å². The summed E-state index contributed by atoms with van der Waals surface area (Å²) in [6.07, 6.45) is 4.03. The molecule has 0 aliphatic heterocycles. The summed E-state index contributed by atoms with van der Waals surface area (Å²) in [5, 5.41) is 3.07. The molecule has 0 aromatic heterocycles. The Kier molecular flexibility index (Phi) is 2.28. The summed E-state index contributed by atoms with van der Waals surface area (Å²) in [5.41, 5.74) is 5.76. The quantitative estimate of drug-likeness (QED) is 0.658. The molecule has 74 valence electrons. The van der Waals surface area contributed by atoms with Crippen molar-refractivity contribution in [3.05, 3.63) is 0 Å². The van der Waals surface area contributed by atoms with E-state index in [9.17, 15) is 4.79 Å². The predicted molar refractivity (Wildman–Crippen MR) is 51.0 cm³/mol. The zero-order valence-corrected chi connectivity index (χ0v) is 8.12. The van der Waals surface area contributed by atoms with Crippen LogP contribution in [0.1, 0.15) is 32.6 Å². The topological polar surface area (TPSA) is 55.1 Å². The van der Waals surface area contributed by atoms with Crippen molar-refractivity contribution < 1.29 is 4.79 Å². The first-order valence-electron chi connectivity index (χ1n) is 5.22. The molecule has 4 unspecified atom stereocenters. The Morgan fingerprint density at radius 2 is 2.08 bits per heavy atom. The maximum Gasteiger partial charge on any atom is 0.223 e. The van der Waals surface area contributed by atoms with Crippen molar-refractivity contribution in [1.82, 2.24) is 5.32 Å². The molecule has 0 aromatic rings. The Labute approximate surface area is 79.1 Å². The van der Waals surface area contributed by atoms with Crippen molar-refractivity contribution in [3.8, 4) is 0 Å². The Morgan fingerprint density at radius 3 is 2.54 bits per heavy atom. The first kappa shape index (κ1) is 9.00. The third-order valence-corrected chi connectivity index (χ3v) is 3.28. The molecule has 2 rings (SSSR count). The van der Waals surface area contributed by atoms with Gasteiger partial charge in [-0.3, -0.25) is 4.79 Å². The number of hydrogen-bond donors (Lipinski definition) is 2. The maximum absolute atomic E-state index is 11.6. The molecule has 0 radical (unpaired) electrons. The standard InChI is InChI=1S/C10H18N2O/c1-6-4-9(6)12-10(13)7-2-3-8(11)5-7/h6-9H,2-5,11H2,1H3,(H,12,13). The largest absolute Gasteiger partial charge is 0.353 e. The average Bonchev–Trinajstić information content (AvgIpc) is 2.62. The lowest BCUT2D eigenvalue weighted by molar-refractivity contribution is -0.125. The molecule has 2 fully saturated rings. The third kappa shape index (κ3) is 2.02. The summed E-state index contributed by atoms with van der Waals surface area (Å²) >= 11 is 0. The zero-order chi connectivity index (χ0) is 9.42. The molecule has 0 heterocycles. The van der Waals surface area contributed by atoms with Gasteiger partial charge in [0.15, 0.2) is 0 Å². The van der Waals surface area contributed by atoms with Crippen molar-refractivity contribution in [2.45, 2.75) is 44.7 Å². The van der Waals surface area contributed by atoms with Gasteiger partial charge in [-0.2, -0.15) is 0 Å². The summed E-state index contributed by atoms with van der Waals surface area (Å²) < 4.78 is 0. The van der Waals surface area contributed by atoms with Gasteiger partial charge in [0.1, 0.15) is 0 Å². The van der Waals surface area contributed by atoms with Crippen LogP contribution in [-0.2, 0) is 4.79 Å². The Hall–Kier alpha value is -0.570. The second-order valence-corrected chi connectivity index (χ2v) is 4.60. The maximum atomic E-state index is 11.6. The molecule has 2 aliphatic rings. The lowest BCUT2D eigenvalue weighted by atomic mass is 10.1. The van der Waals surface area contributed by atoms with Crippen molar-refractivity contribution >= 4 is 5.91 Å². The van der Waals surface area contributed by atoms with Crippen LogP contribution < -0.4 is 11.1 Å². The minimum atomic E-state index is 0.197. The molecular formula is C10H18N2O. The third-order valence-electron chi connectivity index (χ3n) is 3.28. The molecule has 3 N–H and O–H groups in total. The van der Waals surface area contributed by atoms with E-state index in [0.29, 0.717) is 12.0 Å². The van der Waals surface area contributed by atoms with Gasteiger partial charge >= 0.3 is 0 Å². The normalized spacial score (nSPS) is 43.2. The Morgan fingerprint density at radius 1 is 1.38 bits per heavy atom. The van der Waals surface area contributed by atoms with Gasteiger partial charge in [0.05, 0.1) is 0 Å². The highest BCUT2D eigenvalue weighted by atomic mass is 16.2. The minimum absolute atomic E-state index is 0.197. The fourth-order valence-electron chi connectivity index (χ4n) is 2.08.